The molecule has 4 rings (SSSR count). The van der Waals surface area contributed by atoms with Gasteiger partial charge in [0.15, 0.2) is 17.7 Å². The lowest BCUT2D eigenvalue weighted by Gasteiger charge is -2.37. The second-order valence-corrected chi connectivity index (χ2v) is 7.49. The molecular formula is C22H29N5O2. The van der Waals surface area contributed by atoms with Crippen LogP contribution in [-0.2, 0) is 11.2 Å². The van der Waals surface area contributed by atoms with E-state index in [-0.39, 0.29) is 12.0 Å². The van der Waals surface area contributed by atoms with Gasteiger partial charge in [-0.05, 0) is 50.5 Å². The molecule has 0 saturated carbocycles. The van der Waals surface area contributed by atoms with Crippen LogP contribution in [0.2, 0.25) is 0 Å². The number of amides is 1. The number of piperazine rings is 1. The molecule has 1 fully saturated rings. The van der Waals surface area contributed by atoms with E-state index in [1.807, 2.05) is 35.2 Å². The van der Waals surface area contributed by atoms with Gasteiger partial charge in [0.1, 0.15) is 5.75 Å². The van der Waals surface area contributed by atoms with Crippen LogP contribution in [0.15, 0.2) is 36.4 Å². The number of carbonyl (C=O) groups is 1. The topological polar surface area (TPSA) is 61.8 Å². The monoisotopic (exact) mass is 395 g/mol. The summed E-state index contributed by atoms with van der Waals surface area (Å²) in [5.41, 5.74) is 1.19. The number of ether oxygens (including phenoxy) is 1. The normalized spacial score (nSPS) is 18.8. The molecule has 0 bridgehead atoms. The molecule has 0 spiro atoms. The summed E-state index contributed by atoms with van der Waals surface area (Å²) >= 11 is 0. The number of rotatable bonds is 5. The van der Waals surface area contributed by atoms with Crippen molar-refractivity contribution in [3.63, 3.8) is 0 Å². The highest BCUT2D eigenvalue weighted by Crippen LogP contribution is 2.28. The van der Waals surface area contributed by atoms with Crippen LogP contribution in [-0.4, -0.2) is 66.4 Å². The van der Waals surface area contributed by atoms with Crippen LogP contribution in [0.25, 0.3) is 0 Å². The number of para-hydroxylation sites is 1. The van der Waals surface area contributed by atoms with E-state index in [1.54, 1.807) is 0 Å². The molecule has 29 heavy (non-hydrogen) atoms. The Hall–Kier alpha value is -2.83. The largest absolute Gasteiger partial charge is 0.480 e. The zero-order valence-corrected chi connectivity index (χ0v) is 17.3. The van der Waals surface area contributed by atoms with E-state index in [2.05, 4.69) is 39.9 Å². The number of fused-ring (bicyclic) bond motifs is 1. The molecular weight excluding hydrogens is 366 g/mol. The number of hydrogen-bond donors (Lipinski definition) is 0. The van der Waals surface area contributed by atoms with Gasteiger partial charge in [0.05, 0.1) is 0 Å². The van der Waals surface area contributed by atoms with Crippen molar-refractivity contribution in [1.82, 2.24) is 15.1 Å². The third kappa shape index (κ3) is 4.13. The Balaban J connectivity index is 1.33. The number of carbonyl (C=O) groups excluding carboxylic acids is 1. The van der Waals surface area contributed by atoms with Gasteiger partial charge in [0, 0.05) is 39.3 Å². The van der Waals surface area contributed by atoms with Crippen molar-refractivity contribution in [2.45, 2.75) is 32.8 Å². The molecule has 1 aromatic carbocycles. The average Bonchev–Trinajstić information content (AvgIpc) is 2.80. The Morgan fingerprint density at radius 3 is 2.52 bits per heavy atom. The summed E-state index contributed by atoms with van der Waals surface area (Å²) < 4.78 is 5.98. The first-order chi connectivity index (χ1) is 14.2. The van der Waals surface area contributed by atoms with E-state index >= 15 is 0 Å². The molecule has 0 radical (unpaired) electrons. The van der Waals surface area contributed by atoms with Crippen LogP contribution in [0.5, 0.6) is 5.75 Å². The number of hydrogen-bond acceptors (Lipinski definition) is 6. The maximum Gasteiger partial charge on any atom is 0.263 e. The summed E-state index contributed by atoms with van der Waals surface area (Å²) in [4.78, 5) is 19.2. The molecule has 1 atom stereocenters. The number of aryl methyl sites for hydroxylation is 1. The van der Waals surface area contributed by atoms with Gasteiger partial charge in [-0.2, -0.15) is 0 Å². The van der Waals surface area contributed by atoms with E-state index in [0.29, 0.717) is 13.1 Å². The lowest BCUT2D eigenvalue weighted by molar-refractivity contribution is -0.139. The van der Waals surface area contributed by atoms with Gasteiger partial charge in [0.25, 0.3) is 5.91 Å². The zero-order chi connectivity index (χ0) is 20.2. The Labute approximate surface area is 172 Å². The highest BCUT2D eigenvalue weighted by molar-refractivity contribution is 5.82. The molecule has 0 aliphatic carbocycles. The lowest BCUT2D eigenvalue weighted by Crippen LogP contribution is -2.53. The van der Waals surface area contributed by atoms with Crippen LogP contribution in [0, 0.1) is 0 Å². The van der Waals surface area contributed by atoms with Gasteiger partial charge >= 0.3 is 0 Å². The molecule has 154 valence electrons. The SMILES string of the molecule is CCN(CC)c1ccc(N2CCN(C(=O)C3CCc4ccccc4O3)CC2)nn1. The first kappa shape index (κ1) is 19.5. The molecule has 7 heteroatoms. The Morgan fingerprint density at radius 1 is 1.07 bits per heavy atom. The first-order valence-corrected chi connectivity index (χ1v) is 10.6. The highest BCUT2D eigenvalue weighted by Gasteiger charge is 2.31. The summed E-state index contributed by atoms with van der Waals surface area (Å²) in [7, 11) is 0. The molecule has 1 aromatic heterocycles. The predicted molar refractivity (Wildman–Crippen MR) is 114 cm³/mol. The van der Waals surface area contributed by atoms with Gasteiger partial charge in [-0.25, -0.2) is 0 Å². The van der Waals surface area contributed by atoms with Crippen LogP contribution >= 0.6 is 0 Å². The van der Waals surface area contributed by atoms with E-state index < -0.39 is 0 Å². The lowest BCUT2D eigenvalue weighted by atomic mass is 10.0. The van der Waals surface area contributed by atoms with Crippen LogP contribution < -0.4 is 14.5 Å². The third-order valence-electron chi connectivity index (χ3n) is 5.83. The maximum absolute atomic E-state index is 12.9. The molecule has 1 amide bonds. The van der Waals surface area contributed by atoms with Crippen LogP contribution in [0.1, 0.15) is 25.8 Å². The van der Waals surface area contributed by atoms with Gasteiger partial charge in [-0.1, -0.05) is 18.2 Å². The quantitative estimate of drug-likeness (QED) is 0.775. The number of nitrogens with zero attached hydrogens (tertiary/aromatic N) is 5. The standard InChI is InChI=1S/C22H29N5O2/c1-3-25(4-2)20-11-12-21(24-23-20)26-13-15-27(16-14-26)22(28)19-10-9-17-7-5-6-8-18(17)29-19/h5-8,11-12,19H,3-4,9-10,13-16H2,1-2H3. The van der Waals surface area contributed by atoms with Crippen molar-refractivity contribution in [2.24, 2.45) is 0 Å². The molecule has 1 saturated heterocycles. The second kappa shape index (κ2) is 8.68. The summed E-state index contributed by atoms with van der Waals surface area (Å²) in [5.74, 6) is 2.72. The fourth-order valence-corrected chi connectivity index (χ4v) is 4.06. The van der Waals surface area contributed by atoms with E-state index in [9.17, 15) is 4.79 Å². The smallest absolute Gasteiger partial charge is 0.263 e. The van der Waals surface area contributed by atoms with Crippen molar-refractivity contribution in [1.29, 1.82) is 0 Å². The van der Waals surface area contributed by atoms with Crippen molar-refractivity contribution in [3.05, 3.63) is 42.0 Å². The zero-order valence-electron chi connectivity index (χ0n) is 17.3. The Morgan fingerprint density at radius 2 is 1.83 bits per heavy atom. The molecule has 1 unspecified atom stereocenters. The van der Waals surface area contributed by atoms with Crippen molar-refractivity contribution < 1.29 is 9.53 Å². The minimum Gasteiger partial charge on any atom is -0.480 e. The first-order valence-electron chi connectivity index (χ1n) is 10.6. The summed E-state index contributed by atoms with van der Waals surface area (Å²) in [6.07, 6.45) is 1.26. The third-order valence-corrected chi connectivity index (χ3v) is 5.83. The van der Waals surface area contributed by atoms with Crippen molar-refractivity contribution in [3.8, 4) is 5.75 Å². The summed E-state index contributed by atoms with van der Waals surface area (Å²) in [6, 6.07) is 12.0. The van der Waals surface area contributed by atoms with E-state index in [0.717, 1.165) is 56.4 Å². The fraction of sp³-hybridized carbons (Fsp3) is 0.500. The minimum atomic E-state index is -0.371. The fourth-order valence-electron chi connectivity index (χ4n) is 4.06. The van der Waals surface area contributed by atoms with E-state index in [4.69, 9.17) is 4.74 Å². The van der Waals surface area contributed by atoms with Crippen LogP contribution in [0.4, 0.5) is 11.6 Å². The molecule has 2 aromatic rings. The molecule has 3 heterocycles. The van der Waals surface area contributed by atoms with Crippen molar-refractivity contribution >= 4 is 17.5 Å². The molecule has 2 aliphatic heterocycles. The minimum absolute atomic E-state index is 0.0992. The van der Waals surface area contributed by atoms with Gasteiger partial charge in [-0.3, -0.25) is 4.79 Å². The molecule has 0 N–H and O–H groups in total. The molecule has 7 nitrogen and oxygen atoms in total. The Kier molecular flexibility index (Phi) is 5.83. The number of anilines is 2. The average molecular weight is 396 g/mol. The predicted octanol–water partition coefficient (Wildman–Crippen LogP) is 2.37. The summed E-state index contributed by atoms with van der Waals surface area (Å²) in [5, 5.41) is 8.79. The van der Waals surface area contributed by atoms with Gasteiger partial charge in [-0.15, -0.1) is 10.2 Å². The number of benzene rings is 1. The summed E-state index contributed by atoms with van der Waals surface area (Å²) in [6.45, 7) is 8.94. The van der Waals surface area contributed by atoms with E-state index in [1.165, 1.54) is 5.56 Å². The highest BCUT2D eigenvalue weighted by atomic mass is 16.5. The van der Waals surface area contributed by atoms with Gasteiger partial charge < -0.3 is 19.4 Å². The number of aromatic nitrogens is 2. The Bertz CT molecular complexity index is 829. The molecule has 2 aliphatic rings. The maximum atomic E-state index is 12.9. The second-order valence-electron chi connectivity index (χ2n) is 7.49. The van der Waals surface area contributed by atoms with Gasteiger partial charge in [0.2, 0.25) is 0 Å². The van der Waals surface area contributed by atoms with Crippen molar-refractivity contribution in [2.75, 3.05) is 49.1 Å². The van der Waals surface area contributed by atoms with Crippen LogP contribution in [0.3, 0.4) is 0 Å².